The molecule has 0 radical (unpaired) electrons. The van der Waals surface area contributed by atoms with Crippen LogP contribution >= 0.6 is 0 Å². The van der Waals surface area contributed by atoms with Gasteiger partial charge in [-0.15, -0.1) is 0 Å². The van der Waals surface area contributed by atoms with Gasteiger partial charge in [-0.25, -0.2) is 4.79 Å². The van der Waals surface area contributed by atoms with Crippen molar-refractivity contribution < 1.29 is 19.4 Å². The average molecular weight is 422 g/mol. The Labute approximate surface area is 183 Å². The number of hydrogen-bond donors (Lipinski definition) is 2. The van der Waals surface area contributed by atoms with E-state index in [4.69, 9.17) is 4.74 Å². The van der Waals surface area contributed by atoms with Crippen LogP contribution in [0.1, 0.15) is 59.2 Å². The first-order valence-corrected chi connectivity index (χ1v) is 11.2. The Morgan fingerprint density at radius 3 is 2.52 bits per heavy atom. The second-order valence-corrected chi connectivity index (χ2v) is 9.24. The maximum atomic E-state index is 13.0. The lowest BCUT2D eigenvalue weighted by Crippen LogP contribution is -2.54. The van der Waals surface area contributed by atoms with Crippen LogP contribution in [-0.2, 0) is 11.2 Å². The molecule has 1 amide bonds. The second kappa shape index (κ2) is 8.74. The Morgan fingerprint density at radius 2 is 1.84 bits per heavy atom. The van der Waals surface area contributed by atoms with Crippen molar-refractivity contribution in [3.8, 4) is 5.75 Å². The number of amides is 1. The normalized spacial score (nSPS) is 24.6. The fraction of sp³-hybridized carbons (Fsp3) is 0.462. The molecule has 164 valence electrons. The van der Waals surface area contributed by atoms with Crippen LogP contribution in [0, 0.1) is 25.7 Å². The molecule has 5 heteroatoms. The van der Waals surface area contributed by atoms with Gasteiger partial charge in [0.05, 0.1) is 6.61 Å². The molecule has 0 spiro atoms. The van der Waals surface area contributed by atoms with E-state index in [1.165, 1.54) is 17.5 Å². The zero-order chi connectivity index (χ0) is 22.0. The number of benzene rings is 2. The molecule has 0 aliphatic heterocycles. The summed E-state index contributed by atoms with van der Waals surface area (Å²) < 4.78 is 5.98. The molecular weight excluding hydrogens is 390 g/mol. The van der Waals surface area contributed by atoms with Gasteiger partial charge in [-0.2, -0.15) is 0 Å². The fourth-order valence-electron chi connectivity index (χ4n) is 4.73. The zero-order valence-electron chi connectivity index (χ0n) is 18.3. The number of nitrogens with one attached hydrogen (secondary N) is 1. The SMILES string of the molecule is Cc1cccc(CCOc2cc(C(=O)NC3(C(=O)O)CCC4CC4CC3)ccc2C)c1. The maximum absolute atomic E-state index is 13.0. The summed E-state index contributed by atoms with van der Waals surface area (Å²) in [6.07, 6.45) is 4.74. The highest BCUT2D eigenvalue weighted by atomic mass is 16.5. The van der Waals surface area contributed by atoms with Gasteiger partial charge in [-0.1, -0.05) is 35.9 Å². The topological polar surface area (TPSA) is 75.6 Å². The van der Waals surface area contributed by atoms with Crippen molar-refractivity contribution >= 4 is 11.9 Å². The first kappa shape index (κ1) is 21.4. The van der Waals surface area contributed by atoms with Gasteiger partial charge in [0.2, 0.25) is 0 Å². The smallest absolute Gasteiger partial charge is 0.329 e. The van der Waals surface area contributed by atoms with Gasteiger partial charge in [-0.05, 0) is 81.0 Å². The molecule has 2 atom stereocenters. The largest absolute Gasteiger partial charge is 0.493 e. The number of fused-ring (bicyclic) bond motifs is 1. The molecule has 2 saturated carbocycles. The van der Waals surface area contributed by atoms with Gasteiger partial charge in [0.25, 0.3) is 5.91 Å². The molecule has 5 nitrogen and oxygen atoms in total. The van der Waals surface area contributed by atoms with Crippen LogP contribution in [0.5, 0.6) is 5.75 Å². The minimum atomic E-state index is -1.17. The number of ether oxygens (including phenoxy) is 1. The molecule has 2 aliphatic rings. The number of carboxylic acid groups (broad SMARTS) is 1. The molecule has 0 saturated heterocycles. The standard InChI is InChI=1S/C26H31NO4/c1-17-4-3-5-19(14-17)10-13-31-23-16-22(7-6-18(23)2)24(28)27-26(25(29)30)11-8-20-15-21(20)9-12-26/h3-7,14,16,20-21H,8-13,15H2,1-2H3,(H,27,28)(H,29,30). The highest BCUT2D eigenvalue weighted by Gasteiger charge is 2.48. The van der Waals surface area contributed by atoms with Crippen LogP contribution < -0.4 is 10.1 Å². The van der Waals surface area contributed by atoms with Gasteiger partial charge in [0.1, 0.15) is 11.3 Å². The van der Waals surface area contributed by atoms with E-state index in [1.807, 2.05) is 19.1 Å². The molecule has 2 unspecified atom stereocenters. The van der Waals surface area contributed by atoms with Crippen molar-refractivity contribution in [3.63, 3.8) is 0 Å². The van der Waals surface area contributed by atoms with Crippen LogP contribution in [0.3, 0.4) is 0 Å². The minimum absolute atomic E-state index is 0.346. The zero-order valence-corrected chi connectivity index (χ0v) is 18.3. The van der Waals surface area contributed by atoms with Crippen molar-refractivity contribution in [2.45, 2.75) is 57.9 Å². The Morgan fingerprint density at radius 1 is 1.10 bits per heavy atom. The molecule has 2 N–H and O–H groups in total. The Kier molecular flexibility index (Phi) is 6.03. The minimum Gasteiger partial charge on any atom is -0.493 e. The van der Waals surface area contributed by atoms with E-state index in [0.717, 1.165) is 24.8 Å². The summed E-state index contributed by atoms with van der Waals surface area (Å²) in [4.78, 5) is 25.1. The molecule has 2 aromatic rings. The predicted molar refractivity (Wildman–Crippen MR) is 119 cm³/mol. The van der Waals surface area contributed by atoms with Crippen molar-refractivity contribution in [1.29, 1.82) is 0 Å². The highest BCUT2D eigenvalue weighted by molar-refractivity contribution is 5.98. The predicted octanol–water partition coefficient (Wildman–Crippen LogP) is 4.69. The third-order valence-electron chi connectivity index (χ3n) is 6.90. The van der Waals surface area contributed by atoms with Crippen molar-refractivity contribution in [1.82, 2.24) is 5.32 Å². The summed E-state index contributed by atoms with van der Waals surface area (Å²) in [6, 6.07) is 13.6. The lowest BCUT2D eigenvalue weighted by molar-refractivity contribution is -0.145. The summed E-state index contributed by atoms with van der Waals surface area (Å²) in [6.45, 7) is 4.52. The highest BCUT2D eigenvalue weighted by Crippen LogP contribution is 2.50. The van der Waals surface area contributed by atoms with Gasteiger partial charge >= 0.3 is 5.97 Å². The summed E-state index contributed by atoms with van der Waals surface area (Å²) in [5.74, 6) is 0.675. The number of aliphatic carboxylic acids is 1. The second-order valence-electron chi connectivity index (χ2n) is 9.24. The fourth-order valence-corrected chi connectivity index (χ4v) is 4.73. The number of carboxylic acids is 1. The molecular formula is C26H31NO4. The number of carbonyl (C=O) groups excluding carboxylic acids is 1. The van der Waals surface area contributed by atoms with E-state index in [2.05, 4.69) is 30.4 Å². The number of aryl methyl sites for hydroxylation is 2. The molecule has 0 heterocycles. The Hall–Kier alpha value is -2.82. The van der Waals surface area contributed by atoms with E-state index >= 15 is 0 Å². The molecule has 2 aromatic carbocycles. The third-order valence-corrected chi connectivity index (χ3v) is 6.90. The van der Waals surface area contributed by atoms with Crippen molar-refractivity contribution in [3.05, 3.63) is 64.7 Å². The van der Waals surface area contributed by atoms with Crippen LogP contribution in [0.4, 0.5) is 0 Å². The number of rotatable bonds is 7. The first-order chi connectivity index (χ1) is 14.9. The van der Waals surface area contributed by atoms with Gasteiger partial charge < -0.3 is 15.2 Å². The first-order valence-electron chi connectivity index (χ1n) is 11.2. The van der Waals surface area contributed by atoms with Crippen LogP contribution in [-0.4, -0.2) is 29.1 Å². The quantitative estimate of drug-likeness (QED) is 0.680. The lowest BCUT2D eigenvalue weighted by Gasteiger charge is -2.30. The number of hydrogen-bond acceptors (Lipinski definition) is 3. The molecule has 2 aliphatic carbocycles. The average Bonchev–Trinajstić information content (AvgIpc) is 3.51. The Balaban J connectivity index is 1.42. The van der Waals surface area contributed by atoms with Crippen molar-refractivity contribution in [2.24, 2.45) is 11.8 Å². The monoisotopic (exact) mass is 421 g/mol. The van der Waals surface area contributed by atoms with E-state index < -0.39 is 11.5 Å². The third kappa shape index (κ3) is 4.92. The molecule has 2 fully saturated rings. The molecule has 0 bridgehead atoms. The van der Waals surface area contributed by atoms with Gasteiger partial charge in [0.15, 0.2) is 0 Å². The maximum Gasteiger partial charge on any atom is 0.329 e. The van der Waals surface area contributed by atoms with Crippen LogP contribution in [0.25, 0.3) is 0 Å². The number of carbonyl (C=O) groups is 2. The van der Waals surface area contributed by atoms with E-state index in [-0.39, 0.29) is 5.91 Å². The van der Waals surface area contributed by atoms with E-state index in [9.17, 15) is 14.7 Å². The van der Waals surface area contributed by atoms with E-state index in [1.54, 1.807) is 12.1 Å². The Bertz CT molecular complexity index is 971. The molecule has 4 rings (SSSR count). The van der Waals surface area contributed by atoms with Gasteiger partial charge in [0, 0.05) is 12.0 Å². The van der Waals surface area contributed by atoms with Gasteiger partial charge in [-0.3, -0.25) is 4.79 Å². The van der Waals surface area contributed by atoms with Crippen LogP contribution in [0.15, 0.2) is 42.5 Å². The summed E-state index contributed by atoms with van der Waals surface area (Å²) in [5.41, 5.74) is 2.65. The van der Waals surface area contributed by atoms with Crippen LogP contribution in [0.2, 0.25) is 0 Å². The van der Waals surface area contributed by atoms with Crippen molar-refractivity contribution in [2.75, 3.05) is 6.61 Å². The molecule has 0 aromatic heterocycles. The summed E-state index contributed by atoms with van der Waals surface area (Å²) in [5, 5.41) is 12.8. The molecule has 31 heavy (non-hydrogen) atoms. The summed E-state index contributed by atoms with van der Waals surface area (Å²) >= 11 is 0. The lowest BCUT2D eigenvalue weighted by atomic mass is 9.88. The van der Waals surface area contributed by atoms with E-state index in [0.29, 0.717) is 42.6 Å². The summed E-state index contributed by atoms with van der Waals surface area (Å²) in [7, 11) is 0.